The summed E-state index contributed by atoms with van der Waals surface area (Å²) in [6.45, 7) is 1.03. The van der Waals surface area contributed by atoms with E-state index in [9.17, 15) is 9.18 Å². The fraction of sp³-hybridized carbons (Fsp3) is 0.269. The first kappa shape index (κ1) is 20.1. The van der Waals surface area contributed by atoms with E-state index in [1.165, 1.54) is 18.9 Å². The molecule has 3 aromatic carbocycles. The van der Waals surface area contributed by atoms with Gasteiger partial charge in [0.2, 0.25) is 0 Å². The van der Waals surface area contributed by atoms with Crippen LogP contribution in [0.5, 0.6) is 5.75 Å². The van der Waals surface area contributed by atoms with Crippen molar-refractivity contribution < 1.29 is 13.9 Å². The van der Waals surface area contributed by atoms with Gasteiger partial charge < -0.3 is 9.64 Å². The molecule has 3 nitrogen and oxygen atoms in total. The monoisotopic (exact) mass is 435 g/mol. The largest absolute Gasteiger partial charge is 0.489 e. The first-order valence-electron chi connectivity index (χ1n) is 10.7. The Labute approximate surface area is 186 Å². The molecule has 0 aromatic heterocycles. The van der Waals surface area contributed by atoms with E-state index in [0.717, 1.165) is 40.8 Å². The first-order valence-corrected chi connectivity index (χ1v) is 11.1. The minimum Gasteiger partial charge on any atom is -0.489 e. The average Bonchev–Trinajstić information content (AvgIpc) is 3.40. The second-order valence-corrected chi connectivity index (χ2v) is 8.74. The highest BCUT2D eigenvalue weighted by atomic mass is 35.5. The molecule has 2 aliphatic rings. The van der Waals surface area contributed by atoms with Crippen LogP contribution in [0.25, 0.3) is 11.1 Å². The first-order chi connectivity index (χ1) is 15.1. The van der Waals surface area contributed by atoms with Crippen LogP contribution >= 0.6 is 11.6 Å². The number of hydrogen-bond donors (Lipinski definition) is 0. The number of ether oxygens (including phenoxy) is 1. The van der Waals surface area contributed by atoms with Gasteiger partial charge in [-0.15, -0.1) is 0 Å². The molecule has 1 aliphatic heterocycles. The van der Waals surface area contributed by atoms with Crippen molar-refractivity contribution in [2.75, 3.05) is 0 Å². The molecule has 5 heteroatoms. The lowest BCUT2D eigenvalue weighted by atomic mass is 10.0. The highest BCUT2D eigenvalue weighted by Gasteiger charge is 2.34. The summed E-state index contributed by atoms with van der Waals surface area (Å²) in [5.74, 6) is 0.537. The maximum absolute atomic E-state index is 14.3. The van der Waals surface area contributed by atoms with Gasteiger partial charge in [-0.25, -0.2) is 4.39 Å². The molecule has 31 heavy (non-hydrogen) atoms. The van der Waals surface area contributed by atoms with E-state index >= 15 is 0 Å². The van der Waals surface area contributed by atoms with Gasteiger partial charge >= 0.3 is 0 Å². The molecule has 0 radical (unpaired) electrons. The van der Waals surface area contributed by atoms with E-state index < -0.39 is 0 Å². The second-order valence-electron chi connectivity index (χ2n) is 8.30. The second kappa shape index (κ2) is 8.35. The van der Waals surface area contributed by atoms with Crippen molar-refractivity contribution >= 4 is 17.5 Å². The molecule has 0 unspecified atom stereocenters. The fourth-order valence-electron chi connectivity index (χ4n) is 4.64. The van der Waals surface area contributed by atoms with Gasteiger partial charge in [0.05, 0.1) is 0 Å². The molecule has 1 fully saturated rings. The van der Waals surface area contributed by atoms with Crippen molar-refractivity contribution in [3.8, 4) is 16.9 Å². The molecule has 0 bridgehead atoms. The molecule has 0 spiro atoms. The smallest absolute Gasteiger partial charge is 0.254 e. The zero-order valence-corrected chi connectivity index (χ0v) is 17.9. The van der Waals surface area contributed by atoms with E-state index in [-0.39, 0.29) is 11.7 Å². The fourth-order valence-corrected chi connectivity index (χ4v) is 4.80. The van der Waals surface area contributed by atoms with Gasteiger partial charge in [0, 0.05) is 28.7 Å². The Balaban J connectivity index is 1.29. The van der Waals surface area contributed by atoms with E-state index in [4.69, 9.17) is 16.3 Å². The highest BCUT2D eigenvalue weighted by molar-refractivity contribution is 6.30. The number of nitrogens with zero attached hydrogens (tertiary/aromatic N) is 1. The molecule has 1 saturated carbocycles. The summed E-state index contributed by atoms with van der Waals surface area (Å²) in [6.07, 6.45) is 4.62. The lowest BCUT2D eigenvalue weighted by molar-refractivity contribution is 0.0707. The van der Waals surface area contributed by atoms with Crippen molar-refractivity contribution in [1.82, 2.24) is 4.90 Å². The third-order valence-corrected chi connectivity index (χ3v) is 6.48. The average molecular weight is 436 g/mol. The Kier molecular flexibility index (Phi) is 5.41. The summed E-state index contributed by atoms with van der Waals surface area (Å²) in [7, 11) is 0. The Morgan fingerprint density at radius 2 is 1.81 bits per heavy atom. The normalized spacial score (nSPS) is 16.1. The topological polar surface area (TPSA) is 29.5 Å². The standard InChI is InChI=1S/C26H23ClFNO2/c27-20-8-10-23(25(28)14-20)18-5-3-4-17(12-18)16-31-22-9-11-24-19(13-22)15-29(26(24)30)21-6-1-2-7-21/h3-5,8-14,21H,1-2,6-7,15-16H2. The van der Waals surface area contributed by atoms with Crippen LogP contribution in [0.3, 0.4) is 0 Å². The summed E-state index contributed by atoms with van der Waals surface area (Å²) >= 11 is 5.86. The van der Waals surface area contributed by atoms with Crippen molar-refractivity contribution in [1.29, 1.82) is 0 Å². The molecule has 0 saturated heterocycles. The predicted octanol–water partition coefficient (Wildman–Crippen LogP) is 6.62. The molecule has 0 atom stereocenters. The minimum absolute atomic E-state index is 0.145. The number of benzene rings is 3. The third-order valence-electron chi connectivity index (χ3n) is 6.25. The van der Waals surface area contributed by atoms with Crippen molar-refractivity contribution in [2.24, 2.45) is 0 Å². The van der Waals surface area contributed by atoms with Crippen LogP contribution in [0.1, 0.15) is 47.2 Å². The van der Waals surface area contributed by atoms with Crippen molar-refractivity contribution in [3.05, 3.63) is 88.2 Å². The highest BCUT2D eigenvalue weighted by Crippen LogP contribution is 2.33. The molecular weight excluding hydrogens is 413 g/mol. The lowest BCUT2D eigenvalue weighted by Gasteiger charge is -2.23. The van der Waals surface area contributed by atoms with Gasteiger partial charge in [-0.1, -0.05) is 42.6 Å². The van der Waals surface area contributed by atoms with E-state index in [2.05, 4.69) is 0 Å². The van der Waals surface area contributed by atoms with Crippen LogP contribution in [-0.4, -0.2) is 16.8 Å². The van der Waals surface area contributed by atoms with Gasteiger partial charge in [-0.2, -0.15) is 0 Å². The molecule has 0 N–H and O–H groups in total. The Morgan fingerprint density at radius 3 is 2.61 bits per heavy atom. The van der Waals surface area contributed by atoms with Crippen LogP contribution in [-0.2, 0) is 13.2 Å². The lowest BCUT2D eigenvalue weighted by Crippen LogP contribution is -2.33. The zero-order chi connectivity index (χ0) is 21.4. The molecule has 1 amide bonds. The molecule has 1 heterocycles. The quantitative estimate of drug-likeness (QED) is 0.450. The minimum atomic E-state index is -0.347. The SMILES string of the molecule is O=C1c2ccc(OCc3cccc(-c4ccc(Cl)cc4F)c3)cc2CN1C1CCCC1. The molecular formula is C26H23ClFNO2. The number of hydrogen-bond acceptors (Lipinski definition) is 2. The Hall–Kier alpha value is -2.85. The van der Waals surface area contributed by atoms with Gasteiger partial charge in [-0.3, -0.25) is 4.79 Å². The molecule has 5 rings (SSSR count). The zero-order valence-electron chi connectivity index (χ0n) is 17.1. The number of carbonyl (C=O) groups is 1. The number of rotatable bonds is 5. The number of halogens is 2. The summed E-state index contributed by atoms with van der Waals surface area (Å²) in [5, 5.41) is 0.377. The van der Waals surface area contributed by atoms with Gasteiger partial charge in [0.15, 0.2) is 0 Å². The van der Waals surface area contributed by atoms with Crippen LogP contribution in [0.4, 0.5) is 4.39 Å². The van der Waals surface area contributed by atoms with Crippen LogP contribution in [0.15, 0.2) is 60.7 Å². The van der Waals surface area contributed by atoms with Crippen LogP contribution in [0, 0.1) is 5.82 Å². The summed E-state index contributed by atoms with van der Waals surface area (Å²) < 4.78 is 20.3. The number of carbonyl (C=O) groups excluding carboxylic acids is 1. The van der Waals surface area contributed by atoms with Crippen LogP contribution < -0.4 is 4.74 Å². The maximum atomic E-state index is 14.3. The summed E-state index contributed by atoms with van der Waals surface area (Å²) in [6, 6.07) is 18.4. The van der Waals surface area contributed by atoms with Crippen molar-refractivity contribution in [3.63, 3.8) is 0 Å². The van der Waals surface area contributed by atoms with E-state index in [1.54, 1.807) is 12.1 Å². The molecule has 158 valence electrons. The Morgan fingerprint density at radius 1 is 1.00 bits per heavy atom. The third kappa shape index (κ3) is 4.05. The Bertz CT molecular complexity index is 1140. The number of amides is 1. The van der Waals surface area contributed by atoms with Gasteiger partial charge in [0.1, 0.15) is 18.2 Å². The molecule has 3 aromatic rings. The summed E-state index contributed by atoms with van der Waals surface area (Å²) in [4.78, 5) is 14.8. The summed E-state index contributed by atoms with van der Waals surface area (Å²) in [5.41, 5.74) is 4.05. The van der Waals surface area contributed by atoms with Gasteiger partial charge in [0.25, 0.3) is 5.91 Å². The molecule has 1 aliphatic carbocycles. The van der Waals surface area contributed by atoms with E-state index in [0.29, 0.717) is 29.8 Å². The van der Waals surface area contributed by atoms with Crippen LogP contribution in [0.2, 0.25) is 5.02 Å². The van der Waals surface area contributed by atoms with Gasteiger partial charge in [-0.05, 0) is 72.0 Å². The van der Waals surface area contributed by atoms with Crippen molar-refractivity contribution in [2.45, 2.75) is 44.9 Å². The van der Waals surface area contributed by atoms with E-state index in [1.807, 2.05) is 47.4 Å². The predicted molar refractivity (Wildman–Crippen MR) is 120 cm³/mol. The number of fused-ring (bicyclic) bond motifs is 1. The maximum Gasteiger partial charge on any atom is 0.254 e.